The molecule has 0 saturated carbocycles. The van der Waals surface area contributed by atoms with Gasteiger partial charge in [0.1, 0.15) is 0 Å². The lowest BCUT2D eigenvalue weighted by molar-refractivity contribution is 0.808. The molecule has 0 atom stereocenters. The summed E-state index contributed by atoms with van der Waals surface area (Å²) in [6.07, 6.45) is 3.10. The fourth-order valence-corrected chi connectivity index (χ4v) is 2.98. The van der Waals surface area contributed by atoms with Crippen LogP contribution in [0.5, 0.6) is 0 Å². The molecule has 2 aromatic heterocycles. The molecule has 0 aliphatic carbocycles. The van der Waals surface area contributed by atoms with Gasteiger partial charge in [-0.1, -0.05) is 18.5 Å². The van der Waals surface area contributed by atoms with Gasteiger partial charge in [0, 0.05) is 27.5 Å². The Balaban J connectivity index is 1.95. The number of fused-ring (bicyclic) bond motifs is 1. The molecule has 3 rings (SSSR count). The third-order valence-electron chi connectivity index (χ3n) is 2.97. The number of benzene rings is 1. The molecule has 0 radical (unpaired) electrons. The molecule has 0 aliphatic rings. The minimum absolute atomic E-state index is 0.780. The van der Waals surface area contributed by atoms with E-state index in [0.29, 0.717) is 0 Å². The molecule has 2 nitrogen and oxygen atoms in total. The van der Waals surface area contributed by atoms with Gasteiger partial charge in [-0.3, -0.25) is 0 Å². The Kier molecular flexibility index (Phi) is 3.10. The highest BCUT2D eigenvalue weighted by molar-refractivity contribution is 7.09. The summed E-state index contributed by atoms with van der Waals surface area (Å²) in [6, 6.07) is 8.07. The Labute approximate surface area is 115 Å². The SMILES string of the molecule is CCc1nc(Cn2ccc3cc(Cl)ccc32)cs1. The van der Waals surface area contributed by atoms with Crippen LogP contribution in [0.2, 0.25) is 5.02 Å². The zero-order valence-electron chi connectivity index (χ0n) is 10.1. The predicted octanol–water partition coefficient (Wildman–Crippen LogP) is 4.36. The van der Waals surface area contributed by atoms with Crippen LogP contribution in [0.25, 0.3) is 10.9 Å². The second kappa shape index (κ2) is 4.75. The van der Waals surface area contributed by atoms with E-state index >= 15 is 0 Å². The van der Waals surface area contributed by atoms with Crippen LogP contribution >= 0.6 is 22.9 Å². The molecule has 0 amide bonds. The molecule has 0 aliphatic heterocycles. The van der Waals surface area contributed by atoms with Crippen molar-refractivity contribution >= 4 is 33.8 Å². The predicted molar refractivity (Wildman–Crippen MR) is 77.5 cm³/mol. The largest absolute Gasteiger partial charge is 0.341 e. The van der Waals surface area contributed by atoms with Crippen molar-refractivity contribution in [1.82, 2.24) is 9.55 Å². The van der Waals surface area contributed by atoms with Crippen LogP contribution in [-0.2, 0) is 13.0 Å². The molecule has 0 N–H and O–H groups in total. The first-order valence-corrected chi connectivity index (χ1v) is 7.19. The fourth-order valence-electron chi connectivity index (χ4n) is 2.07. The summed E-state index contributed by atoms with van der Waals surface area (Å²) < 4.78 is 2.21. The standard InChI is InChI=1S/C14H13ClN2S/c1-2-14-16-12(9-18-14)8-17-6-5-10-7-11(15)3-4-13(10)17/h3-7,9H,2,8H2,1H3. The van der Waals surface area contributed by atoms with E-state index in [1.165, 1.54) is 15.9 Å². The van der Waals surface area contributed by atoms with Gasteiger partial charge in [-0.15, -0.1) is 11.3 Å². The van der Waals surface area contributed by atoms with Crippen molar-refractivity contribution in [2.24, 2.45) is 0 Å². The first kappa shape index (κ1) is 11.8. The fraction of sp³-hybridized carbons (Fsp3) is 0.214. The lowest BCUT2D eigenvalue weighted by atomic mass is 10.2. The summed E-state index contributed by atoms with van der Waals surface area (Å²) in [5.41, 5.74) is 2.33. The number of hydrogen-bond acceptors (Lipinski definition) is 2. The van der Waals surface area contributed by atoms with Crippen molar-refractivity contribution in [3.05, 3.63) is 51.6 Å². The van der Waals surface area contributed by atoms with Crippen molar-refractivity contribution in [3.8, 4) is 0 Å². The van der Waals surface area contributed by atoms with Gasteiger partial charge < -0.3 is 4.57 Å². The van der Waals surface area contributed by atoms with Gasteiger partial charge in [0.05, 0.1) is 17.2 Å². The zero-order chi connectivity index (χ0) is 12.5. The van der Waals surface area contributed by atoms with Crippen molar-refractivity contribution < 1.29 is 0 Å². The summed E-state index contributed by atoms with van der Waals surface area (Å²) in [5, 5.41) is 5.29. The third kappa shape index (κ3) is 2.16. The molecular formula is C14H13ClN2S. The lowest BCUT2D eigenvalue weighted by Crippen LogP contribution is -1.98. The van der Waals surface area contributed by atoms with E-state index in [-0.39, 0.29) is 0 Å². The minimum Gasteiger partial charge on any atom is -0.341 e. The molecule has 92 valence electrons. The molecule has 0 saturated heterocycles. The molecule has 1 aromatic carbocycles. The van der Waals surface area contributed by atoms with E-state index in [2.05, 4.69) is 40.2 Å². The number of hydrogen-bond donors (Lipinski definition) is 0. The van der Waals surface area contributed by atoms with Gasteiger partial charge in [0.15, 0.2) is 0 Å². The smallest absolute Gasteiger partial charge is 0.0926 e. The van der Waals surface area contributed by atoms with Gasteiger partial charge in [0.2, 0.25) is 0 Å². The summed E-state index contributed by atoms with van der Waals surface area (Å²) in [4.78, 5) is 4.60. The maximum absolute atomic E-state index is 5.99. The van der Waals surface area contributed by atoms with E-state index in [1.54, 1.807) is 11.3 Å². The van der Waals surface area contributed by atoms with Gasteiger partial charge in [-0.2, -0.15) is 0 Å². The van der Waals surface area contributed by atoms with Crippen molar-refractivity contribution in [2.45, 2.75) is 19.9 Å². The Hall–Kier alpha value is -1.32. The summed E-state index contributed by atoms with van der Waals surface area (Å²) in [7, 11) is 0. The van der Waals surface area contributed by atoms with Crippen LogP contribution in [0.15, 0.2) is 35.8 Å². The average Bonchev–Trinajstić information content (AvgIpc) is 2.97. The first-order chi connectivity index (χ1) is 8.76. The average molecular weight is 277 g/mol. The van der Waals surface area contributed by atoms with Crippen LogP contribution in [0.3, 0.4) is 0 Å². The van der Waals surface area contributed by atoms with Gasteiger partial charge in [-0.05, 0) is 30.7 Å². The highest BCUT2D eigenvalue weighted by Crippen LogP contribution is 2.21. The van der Waals surface area contributed by atoms with Crippen molar-refractivity contribution in [2.75, 3.05) is 0 Å². The number of aromatic nitrogens is 2. The normalized spacial score (nSPS) is 11.2. The monoisotopic (exact) mass is 276 g/mol. The minimum atomic E-state index is 0.780. The Morgan fingerprint density at radius 3 is 3.00 bits per heavy atom. The lowest BCUT2D eigenvalue weighted by Gasteiger charge is -2.02. The van der Waals surface area contributed by atoms with Gasteiger partial charge >= 0.3 is 0 Å². The van der Waals surface area contributed by atoms with Crippen LogP contribution in [0.1, 0.15) is 17.6 Å². The molecule has 0 unspecified atom stereocenters. The quantitative estimate of drug-likeness (QED) is 0.695. The zero-order valence-corrected chi connectivity index (χ0v) is 11.6. The van der Waals surface area contributed by atoms with E-state index in [4.69, 9.17) is 11.6 Å². The molecule has 0 bridgehead atoms. The summed E-state index contributed by atoms with van der Waals surface area (Å²) in [6.45, 7) is 2.96. The number of nitrogens with zero attached hydrogens (tertiary/aromatic N) is 2. The maximum atomic E-state index is 5.99. The van der Waals surface area contributed by atoms with Crippen molar-refractivity contribution in [1.29, 1.82) is 0 Å². The molecule has 0 fully saturated rings. The van der Waals surface area contributed by atoms with Gasteiger partial charge in [-0.25, -0.2) is 4.98 Å². The van der Waals surface area contributed by atoms with Crippen LogP contribution in [-0.4, -0.2) is 9.55 Å². The van der Waals surface area contributed by atoms with E-state index in [9.17, 15) is 0 Å². The highest BCUT2D eigenvalue weighted by Gasteiger charge is 2.05. The molecule has 18 heavy (non-hydrogen) atoms. The van der Waals surface area contributed by atoms with Crippen molar-refractivity contribution in [3.63, 3.8) is 0 Å². The second-order valence-corrected chi connectivity index (χ2v) is 5.61. The van der Waals surface area contributed by atoms with E-state index in [1.807, 2.05) is 12.1 Å². The number of aryl methyl sites for hydroxylation is 1. The van der Waals surface area contributed by atoms with E-state index < -0.39 is 0 Å². The van der Waals surface area contributed by atoms with Crippen LogP contribution in [0, 0.1) is 0 Å². The molecule has 0 spiro atoms. The number of thiazole rings is 1. The summed E-state index contributed by atoms with van der Waals surface area (Å²) >= 11 is 7.72. The number of rotatable bonds is 3. The Morgan fingerprint density at radius 1 is 1.33 bits per heavy atom. The molecule has 4 heteroatoms. The Morgan fingerprint density at radius 2 is 2.22 bits per heavy atom. The van der Waals surface area contributed by atoms with E-state index in [0.717, 1.165) is 23.7 Å². The molecular weight excluding hydrogens is 264 g/mol. The van der Waals surface area contributed by atoms with Crippen LogP contribution < -0.4 is 0 Å². The van der Waals surface area contributed by atoms with Crippen LogP contribution in [0.4, 0.5) is 0 Å². The third-order valence-corrected chi connectivity index (χ3v) is 4.24. The topological polar surface area (TPSA) is 17.8 Å². The number of halogens is 1. The Bertz CT molecular complexity index is 684. The summed E-state index contributed by atoms with van der Waals surface area (Å²) in [5.74, 6) is 0. The maximum Gasteiger partial charge on any atom is 0.0926 e. The van der Waals surface area contributed by atoms with Gasteiger partial charge in [0.25, 0.3) is 0 Å². The second-order valence-electron chi connectivity index (χ2n) is 4.23. The molecule has 3 aromatic rings. The highest BCUT2D eigenvalue weighted by atomic mass is 35.5. The molecule has 2 heterocycles. The first-order valence-electron chi connectivity index (χ1n) is 5.94.